The maximum absolute atomic E-state index is 13.1. The van der Waals surface area contributed by atoms with Gasteiger partial charge in [0.2, 0.25) is 6.29 Å². The van der Waals surface area contributed by atoms with Gasteiger partial charge in [-0.1, -0.05) is 26.0 Å². The SMILES string of the molecule is CCO[C@H]1OC(C(=O)NCc2ccc(F)cc2)=C[C@@H](C(C)C)[C@@H]1CCOCCOCCO. The number of halogens is 1. The summed E-state index contributed by atoms with van der Waals surface area (Å²) in [7, 11) is 0. The van der Waals surface area contributed by atoms with Crippen molar-refractivity contribution in [1.82, 2.24) is 5.32 Å². The molecule has 1 aliphatic heterocycles. The van der Waals surface area contributed by atoms with Crippen molar-refractivity contribution < 1.29 is 33.2 Å². The van der Waals surface area contributed by atoms with Crippen molar-refractivity contribution in [3.63, 3.8) is 0 Å². The summed E-state index contributed by atoms with van der Waals surface area (Å²) >= 11 is 0. The highest BCUT2D eigenvalue weighted by Gasteiger charge is 2.38. The van der Waals surface area contributed by atoms with Crippen LogP contribution in [0.25, 0.3) is 0 Å². The van der Waals surface area contributed by atoms with Gasteiger partial charge < -0.3 is 29.4 Å². The Hall–Kier alpha value is -2.00. The molecule has 32 heavy (non-hydrogen) atoms. The zero-order valence-corrected chi connectivity index (χ0v) is 19.2. The summed E-state index contributed by atoms with van der Waals surface area (Å²) in [5.41, 5.74) is 0.802. The van der Waals surface area contributed by atoms with Gasteiger partial charge in [0.1, 0.15) is 5.82 Å². The standard InChI is InChI=1S/C24H36FNO6/c1-4-31-24-20(9-11-29-13-14-30-12-10-27)21(17(2)3)15-22(32-24)23(28)26-16-18-5-7-19(25)8-6-18/h5-8,15,17,20-21,24,27H,4,9-14,16H2,1-3H3,(H,26,28)/t20-,21-,24-/m0/s1. The molecular formula is C24H36FNO6. The Morgan fingerprint density at radius 3 is 2.47 bits per heavy atom. The Labute approximate surface area is 189 Å². The van der Waals surface area contributed by atoms with E-state index in [1.54, 1.807) is 12.1 Å². The lowest BCUT2D eigenvalue weighted by atomic mass is 9.79. The Bertz CT molecular complexity index is 709. The van der Waals surface area contributed by atoms with Crippen LogP contribution in [0.1, 0.15) is 32.8 Å². The van der Waals surface area contributed by atoms with Crippen LogP contribution in [-0.4, -0.2) is 56.9 Å². The summed E-state index contributed by atoms with van der Waals surface area (Å²) in [5.74, 6) is 0.0207. The van der Waals surface area contributed by atoms with Crippen LogP contribution in [-0.2, 0) is 30.3 Å². The Kier molecular flexibility index (Phi) is 11.7. The van der Waals surface area contributed by atoms with Crippen molar-refractivity contribution in [3.8, 4) is 0 Å². The molecular weight excluding hydrogens is 417 g/mol. The zero-order valence-electron chi connectivity index (χ0n) is 19.2. The van der Waals surface area contributed by atoms with Crippen molar-refractivity contribution in [2.24, 2.45) is 17.8 Å². The second-order valence-electron chi connectivity index (χ2n) is 8.00. The lowest BCUT2D eigenvalue weighted by Gasteiger charge is -2.38. The average Bonchev–Trinajstić information content (AvgIpc) is 2.78. The van der Waals surface area contributed by atoms with E-state index in [0.29, 0.717) is 39.5 Å². The van der Waals surface area contributed by atoms with Crippen LogP contribution < -0.4 is 5.32 Å². The minimum absolute atomic E-state index is 0.00232. The number of aliphatic hydroxyl groups excluding tert-OH is 1. The molecule has 1 aliphatic rings. The maximum Gasteiger partial charge on any atom is 0.286 e. The van der Waals surface area contributed by atoms with E-state index in [4.69, 9.17) is 24.1 Å². The number of benzene rings is 1. The normalized spacial score (nSPS) is 20.7. The van der Waals surface area contributed by atoms with E-state index in [1.165, 1.54) is 12.1 Å². The van der Waals surface area contributed by atoms with Crippen LogP contribution >= 0.6 is 0 Å². The Balaban J connectivity index is 1.97. The first-order valence-corrected chi connectivity index (χ1v) is 11.2. The van der Waals surface area contributed by atoms with Gasteiger partial charge in [0, 0.05) is 25.7 Å². The predicted molar refractivity (Wildman–Crippen MR) is 118 cm³/mol. The molecule has 0 aromatic heterocycles. The van der Waals surface area contributed by atoms with E-state index in [2.05, 4.69) is 19.2 Å². The summed E-state index contributed by atoms with van der Waals surface area (Å²) in [5, 5.41) is 11.6. The van der Waals surface area contributed by atoms with Crippen molar-refractivity contribution in [2.75, 3.05) is 39.6 Å². The third kappa shape index (κ3) is 8.50. The summed E-state index contributed by atoms with van der Waals surface area (Å²) in [6.45, 7) is 8.56. The fourth-order valence-corrected chi connectivity index (χ4v) is 3.68. The van der Waals surface area contributed by atoms with Crippen LogP contribution in [0.15, 0.2) is 36.1 Å². The van der Waals surface area contributed by atoms with Gasteiger partial charge in [0.05, 0.1) is 26.4 Å². The molecule has 7 nitrogen and oxygen atoms in total. The van der Waals surface area contributed by atoms with Gasteiger partial charge in [-0.25, -0.2) is 4.39 Å². The predicted octanol–water partition coefficient (Wildman–Crippen LogP) is 3.02. The van der Waals surface area contributed by atoms with Crippen molar-refractivity contribution in [2.45, 2.75) is 40.0 Å². The molecule has 8 heteroatoms. The molecule has 0 aliphatic carbocycles. The molecule has 0 saturated carbocycles. The molecule has 3 atom stereocenters. The van der Waals surface area contributed by atoms with E-state index in [9.17, 15) is 9.18 Å². The van der Waals surface area contributed by atoms with Crippen molar-refractivity contribution in [3.05, 3.63) is 47.5 Å². The van der Waals surface area contributed by atoms with Gasteiger partial charge in [-0.3, -0.25) is 4.79 Å². The van der Waals surface area contributed by atoms with Crippen molar-refractivity contribution >= 4 is 5.91 Å². The van der Waals surface area contributed by atoms with Gasteiger partial charge in [0.25, 0.3) is 5.91 Å². The van der Waals surface area contributed by atoms with Gasteiger partial charge in [-0.05, 0) is 49.0 Å². The smallest absolute Gasteiger partial charge is 0.286 e. The molecule has 0 fully saturated rings. The quantitative estimate of drug-likeness (QED) is 0.421. The monoisotopic (exact) mass is 453 g/mol. The molecule has 180 valence electrons. The Morgan fingerprint density at radius 2 is 1.84 bits per heavy atom. The third-order valence-electron chi connectivity index (χ3n) is 5.32. The third-order valence-corrected chi connectivity index (χ3v) is 5.32. The summed E-state index contributed by atoms with van der Waals surface area (Å²) < 4.78 is 35.7. The highest BCUT2D eigenvalue weighted by atomic mass is 19.1. The van der Waals surface area contributed by atoms with E-state index in [-0.39, 0.29) is 48.4 Å². The van der Waals surface area contributed by atoms with E-state index in [1.807, 2.05) is 13.0 Å². The second-order valence-corrected chi connectivity index (χ2v) is 8.00. The van der Waals surface area contributed by atoms with E-state index < -0.39 is 6.29 Å². The van der Waals surface area contributed by atoms with Crippen LogP contribution in [0, 0.1) is 23.6 Å². The molecule has 1 aromatic rings. The second kappa shape index (κ2) is 14.2. The van der Waals surface area contributed by atoms with Gasteiger partial charge >= 0.3 is 0 Å². The van der Waals surface area contributed by atoms with Gasteiger partial charge in [-0.2, -0.15) is 0 Å². The highest BCUT2D eigenvalue weighted by molar-refractivity contribution is 5.91. The van der Waals surface area contributed by atoms with Gasteiger partial charge in [-0.15, -0.1) is 0 Å². The fraction of sp³-hybridized carbons (Fsp3) is 0.625. The topological polar surface area (TPSA) is 86.3 Å². The number of hydrogen-bond donors (Lipinski definition) is 2. The fourth-order valence-electron chi connectivity index (χ4n) is 3.68. The molecule has 0 saturated heterocycles. The first-order valence-electron chi connectivity index (χ1n) is 11.2. The molecule has 0 spiro atoms. The maximum atomic E-state index is 13.1. The van der Waals surface area contributed by atoms with Crippen LogP contribution in [0.2, 0.25) is 0 Å². The molecule has 1 heterocycles. The summed E-state index contributed by atoms with van der Waals surface area (Å²) in [6, 6.07) is 6.00. The lowest BCUT2D eigenvalue weighted by molar-refractivity contribution is -0.177. The number of allylic oxidation sites excluding steroid dienone is 1. The summed E-state index contributed by atoms with van der Waals surface area (Å²) in [6.07, 6.45) is 2.06. The van der Waals surface area contributed by atoms with E-state index >= 15 is 0 Å². The number of nitrogens with one attached hydrogen (secondary N) is 1. The number of ether oxygens (including phenoxy) is 4. The minimum Gasteiger partial charge on any atom is -0.459 e. The largest absolute Gasteiger partial charge is 0.459 e. The number of amides is 1. The molecule has 2 rings (SSSR count). The summed E-state index contributed by atoms with van der Waals surface area (Å²) in [4.78, 5) is 12.8. The molecule has 2 N–H and O–H groups in total. The highest BCUT2D eigenvalue weighted by Crippen LogP contribution is 2.36. The molecule has 0 unspecified atom stereocenters. The number of carbonyl (C=O) groups excluding carboxylic acids is 1. The van der Waals surface area contributed by atoms with Crippen LogP contribution in [0.4, 0.5) is 4.39 Å². The number of rotatable bonds is 14. The number of hydrogen-bond acceptors (Lipinski definition) is 6. The lowest BCUT2D eigenvalue weighted by Crippen LogP contribution is -2.41. The first kappa shape index (κ1) is 26.3. The van der Waals surface area contributed by atoms with Crippen molar-refractivity contribution in [1.29, 1.82) is 0 Å². The van der Waals surface area contributed by atoms with E-state index in [0.717, 1.165) is 5.56 Å². The number of carbonyl (C=O) groups is 1. The Morgan fingerprint density at radius 1 is 1.16 bits per heavy atom. The first-order chi connectivity index (χ1) is 15.5. The number of aliphatic hydroxyl groups is 1. The minimum atomic E-state index is -0.543. The molecule has 1 aromatic carbocycles. The molecule has 1 amide bonds. The van der Waals surface area contributed by atoms with Crippen LogP contribution in [0.3, 0.4) is 0 Å². The molecule has 0 radical (unpaired) electrons. The average molecular weight is 454 g/mol. The molecule has 0 bridgehead atoms. The van der Waals surface area contributed by atoms with Crippen LogP contribution in [0.5, 0.6) is 0 Å². The zero-order chi connectivity index (χ0) is 23.3. The van der Waals surface area contributed by atoms with Gasteiger partial charge in [0.15, 0.2) is 5.76 Å².